The van der Waals surface area contributed by atoms with Gasteiger partial charge in [0.25, 0.3) is 0 Å². The molecule has 0 bridgehead atoms. The van der Waals surface area contributed by atoms with E-state index < -0.39 is 37.3 Å². The molecule has 6 heteroatoms. The summed E-state index contributed by atoms with van der Waals surface area (Å²) in [5.41, 5.74) is 0. The number of hydrogen-bond donors (Lipinski definition) is 5. The van der Waals surface area contributed by atoms with Gasteiger partial charge in [-0.05, 0) is 0 Å². The number of ketones is 1. The summed E-state index contributed by atoms with van der Waals surface area (Å²) in [7, 11) is 0. The number of rotatable bonds is 5. The predicted octanol–water partition coefficient (Wildman–Crippen LogP) is -3.38. The van der Waals surface area contributed by atoms with Gasteiger partial charge in [-0.25, -0.2) is 0 Å². The first-order valence-electron chi connectivity index (χ1n) is 4.23. The highest BCUT2D eigenvalue weighted by Gasteiger charge is 2.28. The third kappa shape index (κ3) is 2.84. The van der Waals surface area contributed by atoms with E-state index in [1.165, 1.54) is 0 Å². The van der Waals surface area contributed by atoms with Crippen molar-refractivity contribution in [3.05, 3.63) is 0 Å². The number of Topliss-reactive ketones (excluding diaryl/α,β-unsaturated/α-hetero) is 1. The normalized spacial score (nSPS) is 26.1. The van der Waals surface area contributed by atoms with Crippen molar-refractivity contribution in [1.29, 1.82) is 0 Å². The van der Waals surface area contributed by atoms with E-state index in [2.05, 4.69) is 0 Å². The molecule has 0 aromatic heterocycles. The minimum Gasteiger partial charge on any atom is -0.394 e. The summed E-state index contributed by atoms with van der Waals surface area (Å²) < 4.78 is 13.1. The molecule has 0 radical (unpaired) electrons. The minimum atomic E-state index is -2.24. The quantitative estimate of drug-likeness (QED) is 0.303. The van der Waals surface area contributed by atoms with E-state index in [0.717, 1.165) is 0 Å². The summed E-state index contributed by atoms with van der Waals surface area (Å²) >= 11 is 0. The highest BCUT2D eigenvalue weighted by Crippen LogP contribution is 2.00. The van der Waals surface area contributed by atoms with Gasteiger partial charge in [0, 0.05) is 0 Å². The third-order valence-electron chi connectivity index (χ3n) is 1.24. The van der Waals surface area contributed by atoms with Gasteiger partial charge >= 0.3 is 0 Å². The van der Waals surface area contributed by atoms with E-state index in [1.807, 2.05) is 0 Å². The topological polar surface area (TPSA) is 118 Å². The van der Waals surface area contributed by atoms with Gasteiger partial charge in [0.2, 0.25) is 0 Å². The van der Waals surface area contributed by atoms with Crippen LogP contribution in [0.2, 0.25) is 0 Å². The van der Waals surface area contributed by atoms with Crippen LogP contribution in [-0.4, -0.2) is 62.8 Å². The van der Waals surface area contributed by atoms with Gasteiger partial charge < -0.3 is 25.5 Å². The van der Waals surface area contributed by atoms with Gasteiger partial charge in [-0.2, -0.15) is 0 Å². The van der Waals surface area contributed by atoms with E-state index in [0.29, 0.717) is 0 Å². The van der Waals surface area contributed by atoms with Gasteiger partial charge in [0.05, 0.1) is 9.32 Å². The molecule has 0 saturated carbocycles. The molecule has 5 N–H and O–H groups in total. The second-order valence-corrected chi connectivity index (χ2v) is 2.11. The predicted molar refractivity (Wildman–Crippen MR) is 37.2 cm³/mol. The number of carbonyl (C=O) groups excluding carboxylic acids is 1. The van der Waals surface area contributed by atoms with Crippen LogP contribution in [0, 0.1) is 0 Å². The Hall–Kier alpha value is -0.530. The lowest BCUT2D eigenvalue weighted by Gasteiger charge is -2.19. The van der Waals surface area contributed by atoms with Crippen LogP contribution in [-0.2, 0) is 4.79 Å². The zero-order chi connectivity index (χ0) is 11.5. The van der Waals surface area contributed by atoms with Crippen LogP contribution in [0.4, 0.5) is 0 Å². The van der Waals surface area contributed by atoms with Crippen LogP contribution in [0.3, 0.4) is 0 Å². The van der Waals surface area contributed by atoms with Crippen molar-refractivity contribution in [3.63, 3.8) is 0 Å². The average Bonchev–Trinajstić information content (AvgIpc) is 2.12. The second-order valence-electron chi connectivity index (χ2n) is 2.11. The molecule has 0 spiro atoms. The fourth-order valence-corrected chi connectivity index (χ4v) is 0.520. The highest BCUT2D eigenvalue weighted by molar-refractivity contribution is 5.84. The average molecular weight is 182 g/mol. The largest absolute Gasteiger partial charge is 0.394 e. The molecule has 5 atom stereocenters. The van der Waals surface area contributed by atoms with Gasteiger partial charge in [0.15, 0.2) is 5.78 Å². The lowest BCUT2D eigenvalue weighted by Crippen LogP contribution is -2.44. The molecule has 0 aromatic carbocycles. The first-order chi connectivity index (χ1) is 6.29. The van der Waals surface area contributed by atoms with E-state index >= 15 is 0 Å². The van der Waals surface area contributed by atoms with Crippen molar-refractivity contribution in [1.82, 2.24) is 0 Å². The fraction of sp³-hybridized carbons (Fsp3) is 0.833. The second kappa shape index (κ2) is 5.18. The molecule has 12 heavy (non-hydrogen) atoms. The van der Waals surface area contributed by atoms with Crippen LogP contribution in [0.1, 0.15) is 2.74 Å². The maximum Gasteiger partial charge on any atom is 0.189 e. The van der Waals surface area contributed by atoms with Crippen molar-refractivity contribution < 1.29 is 33.1 Å². The molecule has 0 amide bonds. The molecule has 0 aromatic rings. The molecule has 0 aliphatic heterocycles. The molecular formula is C6H12O6. The van der Waals surface area contributed by atoms with Gasteiger partial charge in [-0.1, -0.05) is 0 Å². The van der Waals surface area contributed by atoms with Crippen LogP contribution in [0.25, 0.3) is 0 Å². The Bertz CT molecular complexity index is 197. The molecular weight excluding hydrogens is 168 g/mol. The van der Waals surface area contributed by atoms with E-state index in [1.54, 1.807) is 0 Å². The number of aliphatic hydroxyl groups excluding tert-OH is 5. The van der Waals surface area contributed by atoms with Crippen molar-refractivity contribution in [2.45, 2.75) is 18.3 Å². The summed E-state index contributed by atoms with van der Waals surface area (Å²) in [6.07, 6.45) is -6.37. The number of carbonyl (C=O) groups is 1. The van der Waals surface area contributed by atoms with Crippen LogP contribution in [0.5, 0.6) is 0 Å². The van der Waals surface area contributed by atoms with Crippen LogP contribution >= 0.6 is 0 Å². The third-order valence-corrected chi connectivity index (χ3v) is 1.24. The molecule has 0 fully saturated rings. The molecule has 0 rings (SSSR count). The summed E-state index contributed by atoms with van der Waals surface area (Å²) in [5.74, 6) is -1.42. The lowest BCUT2D eigenvalue weighted by atomic mass is 10.1. The Morgan fingerprint density at radius 2 is 1.83 bits per heavy atom. The lowest BCUT2D eigenvalue weighted by molar-refractivity contribution is -0.142. The molecule has 0 aliphatic carbocycles. The van der Waals surface area contributed by atoms with Crippen molar-refractivity contribution in [3.8, 4) is 0 Å². The minimum absolute atomic E-state index is 1.42. The van der Waals surface area contributed by atoms with Crippen molar-refractivity contribution in [2.24, 2.45) is 0 Å². The van der Waals surface area contributed by atoms with Crippen molar-refractivity contribution >= 4 is 5.78 Å². The van der Waals surface area contributed by atoms with E-state index in [9.17, 15) is 4.79 Å². The zero-order valence-corrected chi connectivity index (χ0v) is 6.03. The van der Waals surface area contributed by atoms with E-state index in [-0.39, 0.29) is 0 Å². The molecule has 0 heterocycles. The summed E-state index contributed by atoms with van der Waals surface area (Å²) in [6.45, 7) is -4.33. The smallest absolute Gasteiger partial charge is 0.189 e. The Labute approximate surface area is 71.5 Å². The van der Waals surface area contributed by atoms with Gasteiger partial charge in [-0.3, -0.25) is 4.79 Å². The summed E-state index contributed by atoms with van der Waals surface area (Å²) in [6, 6.07) is 0. The molecule has 2 unspecified atom stereocenters. The van der Waals surface area contributed by atoms with Crippen LogP contribution in [0.15, 0.2) is 0 Å². The molecule has 6 nitrogen and oxygen atoms in total. The first kappa shape index (κ1) is 8.09. The summed E-state index contributed by atoms with van der Waals surface area (Å²) in [5, 5.41) is 43.7. The zero-order valence-electron chi connectivity index (χ0n) is 8.03. The fourth-order valence-electron chi connectivity index (χ4n) is 0.520. The molecule has 0 aliphatic rings. The monoisotopic (exact) mass is 182 g/mol. The van der Waals surface area contributed by atoms with Crippen molar-refractivity contribution in [2.75, 3.05) is 13.2 Å². The Morgan fingerprint density at radius 3 is 2.17 bits per heavy atom. The van der Waals surface area contributed by atoms with Gasteiger partial charge in [0.1, 0.15) is 24.9 Å². The Kier molecular flexibility index (Phi) is 3.49. The molecule has 72 valence electrons. The number of aliphatic hydroxyl groups is 5. The van der Waals surface area contributed by atoms with E-state index in [4.69, 9.17) is 28.3 Å². The first-order valence-corrected chi connectivity index (χ1v) is 3.07. The highest BCUT2D eigenvalue weighted by atomic mass is 16.4. The Morgan fingerprint density at radius 1 is 1.33 bits per heavy atom. The SMILES string of the molecule is [2H]C(O)C(=O)[C@@H](O)[C@H](O)[C@H](O)C([2H])O. The maximum absolute atomic E-state index is 10.7. The van der Waals surface area contributed by atoms with Gasteiger partial charge in [-0.15, -0.1) is 0 Å². The maximum atomic E-state index is 10.7. The summed E-state index contributed by atoms with van der Waals surface area (Å²) in [4.78, 5) is 10.7. The molecule has 0 saturated heterocycles. The standard InChI is InChI=1S/C6H12O6/c7-1-3(9)5(11)6(12)4(10)2-8/h3,5-9,11-12H,1-2H2/t3-,5-,6-/m1/s1/i1D,2D/t1?,2?,3-,5-,6-. The number of hydrogen-bond acceptors (Lipinski definition) is 6. The Balaban J connectivity index is 4.38. The van der Waals surface area contributed by atoms with Crippen LogP contribution < -0.4 is 0 Å².